The highest BCUT2D eigenvalue weighted by Crippen LogP contribution is 2.35. The number of aliphatic hydroxyl groups is 1. The van der Waals surface area contributed by atoms with E-state index in [0.717, 1.165) is 4.90 Å². The number of nitrogens with zero attached hydrogens (tertiary/aromatic N) is 2. The smallest absolute Gasteiger partial charge is 0.256 e. The predicted molar refractivity (Wildman–Crippen MR) is 86.8 cm³/mol. The van der Waals surface area contributed by atoms with Crippen LogP contribution in [0, 0.1) is 35.0 Å². The molecule has 1 saturated heterocycles. The summed E-state index contributed by atoms with van der Waals surface area (Å²) in [6.45, 7) is 2.45. The Labute approximate surface area is 155 Å². The van der Waals surface area contributed by atoms with Gasteiger partial charge in [0.25, 0.3) is 5.91 Å². The van der Waals surface area contributed by atoms with E-state index in [9.17, 15) is 36.6 Å². The first-order chi connectivity index (χ1) is 12.4. The van der Waals surface area contributed by atoms with Gasteiger partial charge >= 0.3 is 0 Å². The van der Waals surface area contributed by atoms with Crippen molar-refractivity contribution >= 4 is 34.8 Å². The van der Waals surface area contributed by atoms with Crippen LogP contribution in [0.4, 0.5) is 27.6 Å². The van der Waals surface area contributed by atoms with E-state index in [2.05, 4.69) is 0 Å². The highest BCUT2D eigenvalue weighted by molar-refractivity contribution is 7.80. The minimum atomic E-state index is -2.38. The van der Waals surface area contributed by atoms with Crippen LogP contribution < -0.4 is 10.6 Å². The molecule has 1 fully saturated rings. The minimum absolute atomic E-state index is 0.171. The molecule has 1 aromatic rings. The molecule has 0 radical (unpaired) electrons. The third-order valence-electron chi connectivity index (χ3n) is 3.99. The highest BCUT2D eigenvalue weighted by atomic mass is 32.1. The summed E-state index contributed by atoms with van der Waals surface area (Å²) in [4.78, 5) is 24.9. The predicted octanol–water partition coefficient (Wildman–Crippen LogP) is 1.19. The van der Waals surface area contributed by atoms with E-state index in [1.807, 2.05) is 0 Å². The van der Waals surface area contributed by atoms with Crippen LogP contribution in [0.5, 0.6) is 0 Å². The second kappa shape index (κ2) is 7.35. The van der Waals surface area contributed by atoms with Gasteiger partial charge in [-0.2, -0.15) is 0 Å². The summed E-state index contributed by atoms with van der Waals surface area (Å²) < 4.78 is 68.6. The van der Waals surface area contributed by atoms with E-state index in [1.165, 1.54) is 13.8 Å². The molecule has 1 aromatic carbocycles. The van der Waals surface area contributed by atoms with Crippen LogP contribution in [0.2, 0.25) is 0 Å². The fraction of sp³-hybridized carbons (Fsp3) is 0.400. The Hall–Kier alpha value is -2.34. The maximum atomic E-state index is 14.1. The first-order valence-corrected chi connectivity index (χ1v) is 7.95. The Bertz CT molecular complexity index is 806. The van der Waals surface area contributed by atoms with Crippen molar-refractivity contribution < 1.29 is 36.6 Å². The molecule has 1 heterocycles. The molecule has 3 N–H and O–H groups in total. The van der Waals surface area contributed by atoms with Crippen LogP contribution in [0.3, 0.4) is 0 Å². The van der Waals surface area contributed by atoms with Crippen molar-refractivity contribution in [3.63, 3.8) is 0 Å². The SMILES string of the molecule is CC(C)C1C(=O)N(c2c(F)c(F)c(F)c(F)c2F)C(=S)N1CC(O)C(N)=O. The number of hydrogen-bond donors (Lipinski definition) is 2. The number of aliphatic hydroxyl groups excluding tert-OH is 1. The molecule has 0 saturated carbocycles. The van der Waals surface area contributed by atoms with E-state index in [-0.39, 0.29) is 4.90 Å². The van der Waals surface area contributed by atoms with Gasteiger partial charge in [-0.3, -0.25) is 9.59 Å². The van der Waals surface area contributed by atoms with Crippen molar-refractivity contribution in [3.8, 4) is 0 Å². The molecule has 1 aliphatic heterocycles. The third-order valence-corrected chi connectivity index (χ3v) is 4.40. The Kier molecular flexibility index (Phi) is 5.71. The summed E-state index contributed by atoms with van der Waals surface area (Å²) in [6.07, 6.45) is -1.78. The number of benzene rings is 1. The molecular formula is C15H14F5N3O3S. The Morgan fingerprint density at radius 2 is 1.56 bits per heavy atom. The second-order valence-electron chi connectivity index (χ2n) is 6.13. The molecule has 6 nitrogen and oxygen atoms in total. The summed E-state index contributed by atoms with van der Waals surface area (Å²) in [5.41, 5.74) is 3.42. The Morgan fingerprint density at radius 3 is 1.96 bits per heavy atom. The summed E-state index contributed by atoms with van der Waals surface area (Å²) in [5, 5.41) is 9.02. The van der Waals surface area contributed by atoms with Gasteiger partial charge in [0.15, 0.2) is 28.4 Å². The lowest BCUT2D eigenvalue weighted by Gasteiger charge is -2.27. The molecule has 1 aliphatic rings. The monoisotopic (exact) mass is 411 g/mol. The van der Waals surface area contributed by atoms with E-state index in [1.54, 1.807) is 0 Å². The maximum absolute atomic E-state index is 14.1. The zero-order chi connectivity index (χ0) is 20.8. The van der Waals surface area contributed by atoms with Gasteiger partial charge in [-0.25, -0.2) is 26.9 Å². The number of nitrogens with two attached hydrogens (primary N) is 1. The molecule has 2 unspecified atom stereocenters. The maximum Gasteiger partial charge on any atom is 0.256 e. The Morgan fingerprint density at radius 1 is 1.11 bits per heavy atom. The van der Waals surface area contributed by atoms with Gasteiger partial charge in [0, 0.05) is 0 Å². The molecule has 0 aromatic heterocycles. The highest BCUT2D eigenvalue weighted by Gasteiger charge is 2.48. The molecule has 0 aliphatic carbocycles. The van der Waals surface area contributed by atoms with Crippen LogP contribution in [-0.4, -0.2) is 45.6 Å². The van der Waals surface area contributed by atoms with Crippen molar-refractivity contribution in [2.24, 2.45) is 11.7 Å². The lowest BCUT2D eigenvalue weighted by atomic mass is 10.0. The molecule has 148 valence electrons. The van der Waals surface area contributed by atoms with E-state index < -0.39 is 76.3 Å². The number of halogens is 5. The molecular weight excluding hydrogens is 397 g/mol. The average molecular weight is 411 g/mol. The Balaban J connectivity index is 2.61. The molecule has 27 heavy (non-hydrogen) atoms. The lowest BCUT2D eigenvalue weighted by molar-refractivity contribution is -0.128. The van der Waals surface area contributed by atoms with E-state index >= 15 is 0 Å². The number of carbonyl (C=O) groups excluding carboxylic acids is 2. The first kappa shape index (κ1) is 21.0. The molecule has 0 spiro atoms. The minimum Gasteiger partial charge on any atom is -0.381 e. The van der Waals surface area contributed by atoms with Gasteiger partial charge in [0.05, 0.1) is 6.54 Å². The first-order valence-electron chi connectivity index (χ1n) is 7.55. The number of anilines is 1. The molecule has 2 atom stereocenters. The summed E-state index contributed by atoms with van der Waals surface area (Å²) in [5.74, 6) is -14.1. The van der Waals surface area contributed by atoms with Crippen LogP contribution in [-0.2, 0) is 9.59 Å². The van der Waals surface area contributed by atoms with Crippen molar-refractivity contribution in [2.75, 3.05) is 11.4 Å². The quantitative estimate of drug-likeness (QED) is 0.329. The number of hydrogen-bond acceptors (Lipinski definition) is 4. The number of carbonyl (C=O) groups is 2. The average Bonchev–Trinajstić information content (AvgIpc) is 2.82. The topological polar surface area (TPSA) is 86.9 Å². The third kappa shape index (κ3) is 3.34. The van der Waals surface area contributed by atoms with Crippen LogP contribution in [0.25, 0.3) is 0 Å². The largest absolute Gasteiger partial charge is 0.381 e. The summed E-state index contributed by atoms with van der Waals surface area (Å²) in [6, 6.07) is -1.22. The van der Waals surface area contributed by atoms with Gasteiger partial charge in [-0.15, -0.1) is 0 Å². The van der Waals surface area contributed by atoms with Gasteiger partial charge in [0.2, 0.25) is 11.7 Å². The van der Waals surface area contributed by atoms with Crippen LogP contribution in [0.15, 0.2) is 0 Å². The van der Waals surface area contributed by atoms with Crippen LogP contribution >= 0.6 is 12.2 Å². The zero-order valence-corrected chi connectivity index (χ0v) is 14.8. The molecule has 2 rings (SSSR count). The number of rotatable bonds is 5. The molecule has 12 heteroatoms. The number of β-amino-alcohol motifs (C(OH)–C–C–N with tert-alkyl or cyclic N) is 1. The number of primary amides is 1. The van der Waals surface area contributed by atoms with Gasteiger partial charge in [0.1, 0.15) is 17.8 Å². The van der Waals surface area contributed by atoms with Gasteiger partial charge in [-0.05, 0) is 18.1 Å². The fourth-order valence-corrected chi connectivity index (χ4v) is 3.09. The summed E-state index contributed by atoms with van der Waals surface area (Å²) in [7, 11) is 0. The van der Waals surface area contributed by atoms with E-state index in [0.29, 0.717) is 0 Å². The fourth-order valence-electron chi connectivity index (χ4n) is 2.72. The van der Waals surface area contributed by atoms with Crippen molar-refractivity contribution in [1.82, 2.24) is 4.90 Å². The lowest BCUT2D eigenvalue weighted by Crippen LogP contribution is -2.46. The normalized spacial score (nSPS) is 18.6. The summed E-state index contributed by atoms with van der Waals surface area (Å²) >= 11 is 4.96. The van der Waals surface area contributed by atoms with Crippen molar-refractivity contribution in [2.45, 2.75) is 26.0 Å². The zero-order valence-electron chi connectivity index (χ0n) is 14.0. The van der Waals surface area contributed by atoms with Gasteiger partial charge < -0.3 is 15.7 Å². The molecule has 2 amide bonds. The number of thiocarbonyl (C=S) groups is 1. The standard InChI is InChI=1S/C15H14F5N3O3S/c1-4(2)11-14(26)23(15(27)22(11)3-5(24)13(21)25)12-9(19)7(17)6(16)8(18)10(12)20/h4-5,11,24H,3H2,1-2H3,(H2,21,25). The van der Waals surface area contributed by atoms with Crippen LogP contribution in [0.1, 0.15) is 13.8 Å². The molecule has 0 bridgehead atoms. The van der Waals surface area contributed by atoms with Crippen molar-refractivity contribution in [3.05, 3.63) is 29.1 Å². The van der Waals surface area contributed by atoms with Crippen molar-refractivity contribution in [1.29, 1.82) is 0 Å². The number of amides is 2. The second-order valence-corrected chi connectivity index (χ2v) is 6.50. The van der Waals surface area contributed by atoms with Gasteiger partial charge in [-0.1, -0.05) is 13.8 Å². The van der Waals surface area contributed by atoms with E-state index in [4.69, 9.17) is 18.0 Å².